The van der Waals surface area contributed by atoms with E-state index in [0.717, 1.165) is 77.4 Å². The number of aromatic amines is 2. The normalized spacial score (nSPS) is 17.8. The van der Waals surface area contributed by atoms with Crippen LogP contribution in [0.15, 0.2) is 61.0 Å². The average molecular weight is 495 g/mol. The van der Waals surface area contributed by atoms with E-state index in [1.807, 2.05) is 18.5 Å². The molecule has 3 N–H and O–H groups in total. The number of hydrogen-bond donors (Lipinski definition) is 3. The van der Waals surface area contributed by atoms with Gasteiger partial charge in [-0.15, -0.1) is 0 Å². The van der Waals surface area contributed by atoms with Crippen molar-refractivity contribution in [3.8, 4) is 11.5 Å². The number of fused-ring (bicyclic) bond motifs is 2. The van der Waals surface area contributed by atoms with E-state index in [1.165, 1.54) is 37.1 Å². The summed E-state index contributed by atoms with van der Waals surface area (Å²) in [6.45, 7) is 13.3. The molecular formula is C29H34N8. The molecule has 5 heterocycles. The highest BCUT2D eigenvalue weighted by Gasteiger charge is 2.19. The Kier molecular flexibility index (Phi) is 6.59. The van der Waals surface area contributed by atoms with Crippen LogP contribution in [0, 0.1) is 0 Å². The monoisotopic (exact) mass is 494 g/mol. The second kappa shape index (κ2) is 10.3. The quantitative estimate of drug-likeness (QED) is 0.327. The molecule has 2 saturated heterocycles. The second-order valence-corrected chi connectivity index (χ2v) is 9.86. The Hall–Kier alpha value is -3.75. The molecule has 37 heavy (non-hydrogen) atoms. The zero-order valence-corrected chi connectivity index (χ0v) is 21.4. The highest BCUT2D eigenvalue weighted by atomic mass is 15.2. The third-order valence-electron chi connectivity index (χ3n) is 7.47. The van der Waals surface area contributed by atoms with E-state index in [0.29, 0.717) is 0 Å². The molecule has 4 aromatic rings. The van der Waals surface area contributed by atoms with Gasteiger partial charge in [0.2, 0.25) is 0 Å². The van der Waals surface area contributed by atoms with Crippen LogP contribution in [-0.4, -0.2) is 75.9 Å². The molecule has 3 aromatic heterocycles. The highest BCUT2D eigenvalue weighted by molar-refractivity contribution is 5.97. The summed E-state index contributed by atoms with van der Waals surface area (Å²) in [5.41, 5.74) is 8.31. The lowest BCUT2D eigenvalue weighted by Gasteiger charge is -2.29. The maximum Gasteiger partial charge on any atom is 0.159 e. The molecule has 0 bridgehead atoms. The number of benzene rings is 1. The Balaban J connectivity index is 1.35. The van der Waals surface area contributed by atoms with Gasteiger partial charge in [0.05, 0.1) is 29.1 Å². The van der Waals surface area contributed by atoms with Gasteiger partial charge >= 0.3 is 0 Å². The number of pyridine rings is 1. The van der Waals surface area contributed by atoms with Gasteiger partial charge in [-0.1, -0.05) is 30.9 Å². The molecule has 0 amide bonds. The van der Waals surface area contributed by atoms with E-state index in [4.69, 9.17) is 4.98 Å². The zero-order chi connectivity index (χ0) is 25.2. The van der Waals surface area contributed by atoms with E-state index in [1.54, 1.807) is 0 Å². The predicted molar refractivity (Wildman–Crippen MR) is 152 cm³/mol. The first kappa shape index (κ1) is 23.6. The fraction of sp³-hybridized carbons (Fsp3) is 0.345. The first-order valence-electron chi connectivity index (χ1n) is 13.2. The molecule has 8 nitrogen and oxygen atoms in total. The van der Waals surface area contributed by atoms with Crippen LogP contribution in [-0.2, 0) is 0 Å². The second-order valence-electron chi connectivity index (χ2n) is 9.86. The lowest BCUT2D eigenvalue weighted by Crippen LogP contribution is -2.43. The van der Waals surface area contributed by atoms with Gasteiger partial charge in [-0.3, -0.25) is 15.0 Å². The maximum atomic E-state index is 5.01. The number of imidazole rings is 1. The molecule has 6 rings (SSSR count). The molecule has 8 heteroatoms. The molecule has 0 spiro atoms. The molecule has 0 aliphatic carbocycles. The SMILES string of the molecule is C=C/C(=C\C(=C/C)c1ccc2[nH]nc(-c3nc4c(N5CCNCC5)cncc4[nH]3)c2c1)CN1CCCC1. The van der Waals surface area contributed by atoms with E-state index in [9.17, 15) is 0 Å². The predicted octanol–water partition coefficient (Wildman–Crippen LogP) is 4.52. The van der Waals surface area contributed by atoms with Crippen molar-refractivity contribution in [3.05, 3.63) is 66.5 Å². The molecule has 2 aliphatic rings. The summed E-state index contributed by atoms with van der Waals surface area (Å²) in [6, 6.07) is 6.46. The minimum absolute atomic E-state index is 0.751. The van der Waals surface area contributed by atoms with Crippen molar-refractivity contribution >= 4 is 33.2 Å². The van der Waals surface area contributed by atoms with Gasteiger partial charge in [-0.05, 0) is 61.7 Å². The van der Waals surface area contributed by atoms with Crippen LogP contribution in [0.4, 0.5) is 5.69 Å². The summed E-state index contributed by atoms with van der Waals surface area (Å²) >= 11 is 0. The summed E-state index contributed by atoms with van der Waals surface area (Å²) in [5.74, 6) is 0.751. The Morgan fingerprint density at radius 2 is 1.92 bits per heavy atom. The minimum atomic E-state index is 0.751. The summed E-state index contributed by atoms with van der Waals surface area (Å²) in [5, 5.41) is 12.3. The standard InChI is InChI=1S/C29H34N8/c1-3-20(19-36-11-5-6-12-36)15-21(4-2)22-7-8-24-23(16-22)27(35-34-24)29-32-25-17-31-18-26(28(25)33-29)37-13-9-30-10-14-37/h3-4,7-8,15-18,30H,1,5-6,9-14,19H2,2H3,(H,32,33)(H,34,35)/b20-15+,21-4+. The van der Waals surface area contributed by atoms with E-state index >= 15 is 0 Å². The van der Waals surface area contributed by atoms with Gasteiger partial charge in [-0.2, -0.15) is 5.10 Å². The third-order valence-corrected chi connectivity index (χ3v) is 7.47. The largest absolute Gasteiger partial charge is 0.366 e. The van der Waals surface area contributed by atoms with Crippen LogP contribution in [0.2, 0.25) is 0 Å². The van der Waals surface area contributed by atoms with Crippen molar-refractivity contribution < 1.29 is 0 Å². The first-order chi connectivity index (χ1) is 18.2. The Morgan fingerprint density at radius 1 is 1.08 bits per heavy atom. The number of anilines is 1. The number of H-pyrrole nitrogens is 2. The molecule has 190 valence electrons. The van der Waals surface area contributed by atoms with Gasteiger partial charge < -0.3 is 15.2 Å². The van der Waals surface area contributed by atoms with Crippen molar-refractivity contribution in [2.45, 2.75) is 19.8 Å². The topological polar surface area (TPSA) is 88.8 Å². The lowest BCUT2D eigenvalue weighted by atomic mass is 10.00. The number of piperazine rings is 1. The summed E-state index contributed by atoms with van der Waals surface area (Å²) in [6.07, 6.45) is 12.8. The van der Waals surface area contributed by atoms with Gasteiger partial charge in [0, 0.05) is 38.1 Å². The highest BCUT2D eigenvalue weighted by Crippen LogP contribution is 2.32. The number of aromatic nitrogens is 5. The number of nitrogens with zero attached hydrogens (tertiary/aromatic N) is 5. The third kappa shape index (κ3) is 4.70. The molecule has 0 atom stereocenters. The summed E-state index contributed by atoms with van der Waals surface area (Å²) < 4.78 is 0. The molecule has 2 fully saturated rings. The van der Waals surface area contributed by atoms with Crippen molar-refractivity contribution in [3.63, 3.8) is 0 Å². The Bertz CT molecular complexity index is 1480. The summed E-state index contributed by atoms with van der Waals surface area (Å²) in [7, 11) is 0. The van der Waals surface area contributed by atoms with Crippen molar-refractivity contribution in [1.82, 2.24) is 35.4 Å². The number of nitrogens with one attached hydrogen (secondary N) is 3. The van der Waals surface area contributed by atoms with Crippen molar-refractivity contribution in [1.29, 1.82) is 0 Å². The van der Waals surface area contributed by atoms with Gasteiger partial charge in [0.15, 0.2) is 5.82 Å². The maximum absolute atomic E-state index is 5.01. The molecule has 1 aromatic carbocycles. The van der Waals surface area contributed by atoms with Gasteiger partial charge in [0.1, 0.15) is 11.2 Å². The van der Waals surface area contributed by atoms with Crippen LogP contribution in [0.5, 0.6) is 0 Å². The van der Waals surface area contributed by atoms with Crippen molar-refractivity contribution in [2.24, 2.45) is 0 Å². The zero-order valence-electron chi connectivity index (χ0n) is 21.4. The van der Waals surface area contributed by atoms with Gasteiger partial charge in [-0.25, -0.2) is 4.98 Å². The molecular weight excluding hydrogens is 460 g/mol. The van der Waals surface area contributed by atoms with Crippen molar-refractivity contribution in [2.75, 3.05) is 50.7 Å². The fourth-order valence-electron chi connectivity index (χ4n) is 5.44. The number of allylic oxidation sites excluding steroid dienone is 3. The number of hydrogen-bond acceptors (Lipinski definition) is 6. The van der Waals surface area contributed by atoms with Crippen LogP contribution in [0.3, 0.4) is 0 Å². The molecule has 0 radical (unpaired) electrons. The van der Waals surface area contributed by atoms with E-state index in [2.05, 4.69) is 79.1 Å². The average Bonchev–Trinajstić information content (AvgIpc) is 3.70. The Labute approximate surface area is 217 Å². The van der Waals surface area contributed by atoms with Crippen LogP contribution in [0.25, 0.3) is 39.0 Å². The number of likely N-dealkylation sites (tertiary alicyclic amines) is 1. The lowest BCUT2D eigenvalue weighted by molar-refractivity contribution is 0.371. The smallest absolute Gasteiger partial charge is 0.159 e. The molecule has 0 unspecified atom stereocenters. The first-order valence-corrected chi connectivity index (χ1v) is 13.2. The Morgan fingerprint density at radius 3 is 2.70 bits per heavy atom. The molecule has 0 saturated carbocycles. The van der Waals surface area contributed by atoms with E-state index < -0.39 is 0 Å². The number of rotatable bonds is 7. The van der Waals surface area contributed by atoms with E-state index in [-0.39, 0.29) is 0 Å². The molecule has 2 aliphatic heterocycles. The van der Waals surface area contributed by atoms with Crippen LogP contribution in [0.1, 0.15) is 25.3 Å². The minimum Gasteiger partial charge on any atom is -0.366 e. The van der Waals surface area contributed by atoms with Crippen LogP contribution >= 0.6 is 0 Å². The summed E-state index contributed by atoms with van der Waals surface area (Å²) in [4.78, 5) is 17.8. The van der Waals surface area contributed by atoms with Gasteiger partial charge in [0.25, 0.3) is 0 Å². The van der Waals surface area contributed by atoms with Crippen LogP contribution < -0.4 is 10.2 Å². The fourth-order valence-corrected chi connectivity index (χ4v) is 5.44.